The molecule has 0 N–H and O–H groups in total. The van der Waals surface area contributed by atoms with E-state index in [4.69, 9.17) is 16.3 Å². The van der Waals surface area contributed by atoms with Crippen LogP contribution < -0.4 is 0 Å². The molecule has 0 radical (unpaired) electrons. The van der Waals surface area contributed by atoms with Crippen LogP contribution in [0.3, 0.4) is 0 Å². The number of rotatable bonds is 4. The molecule has 2 heterocycles. The number of nitrogens with zero attached hydrogens (tertiary/aromatic N) is 2. The van der Waals surface area contributed by atoms with Gasteiger partial charge in [0.05, 0.1) is 10.7 Å². The van der Waals surface area contributed by atoms with Crippen LogP contribution in [0.2, 0.25) is 5.02 Å². The maximum absolute atomic E-state index is 12.2. The lowest BCUT2D eigenvalue weighted by Crippen LogP contribution is -2.38. The summed E-state index contributed by atoms with van der Waals surface area (Å²) in [5, 5.41) is 4.03. The van der Waals surface area contributed by atoms with Crippen molar-refractivity contribution in [2.45, 2.75) is 38.7 Å². The van der Waals surface area contributed by atoms with Crippen LogP contribution in [0.5, 0.6) is 0 Å². The highest BCUT2D eigenvalue weighted by molar-refractivity contribution is 7.09. The van der Waals surface area contributed by atoms with E-state index in [1.54, 1.807) is 28.4 Å². The van der Waals surface area contributed by atoms with Gasteiger partial charge in [0.15, 0.2) is 0 Å². The predicted molar refractivity (Wildman–Crippen MR) is 96.7 cm³/mol. The molecule has 0 unspecified atom stereocenters. The maximum atomic E-state index is 12.2. The quantitative estimate of drug-likeness (QED) is 0.776. The molecule has 1 aromatic carbocycles. The van der Waals surface area contributed by atoms with Crippen LogP contribution in [0.1, 0.15) is 41.9 Å². The summed E-state index contributed by atoms with van der Waals surface area (Å²) in [6.07, 6.45) is 2.64. The highest BCUT2D eigenvalue weighted by Crippen LogP contribution is 2.30. The van der Waals surface area contributed by atoms with Crippen molar-refractivity contribution in [2.75, 3.05) is 13.1 Å². The summed E-state index contributed by atoms with van der Waals surface area (Å²) < 4.78 is 5.40. The Labute approximate surface area is 151 Å². The number of carbonyl (C=O) groups is 1. The second kappa shape index (κ2) is 7.99. The van der Waals surface area contributed by atoms with E-state index in [-0.39, 0.29) is 12.7 Å². The third-order valence-corrected chi connectivity index (χ3v) is 5.62. The van der Waals surface area contributed by atoms with Gasteiger partial charge in [-0.15, -0.1) is 11.3 Å². The molecule has 128 valence electrons. The van der Waals surface area contributed by atoms with Crippen LogP contribution >= 0.6 is 22.9 Å². The molecule has 2 aromatic rings. The minimum absolute atomic E-state index is 0.239. The van der Waals surface area contributed by atoms with Crippen LogP contribution in [0.4, 0.5) is 4.79 Å². The Hall–Kier alpha value is -1.59. The van der Waals surface area contributed by atoms with Gasteiger partial charge in [0.1, 0.15) is 6.61 Å². The Morgan fingerprint density at radius 2 is 2.04 bits per heavy atom. The highest BCUT2D eigenvalue weighted by Gasteiger charge is 2.26. The van der Waals surface area contributed by atoms with Gasteiger partial charge in [0.25, 0.3) is 0 Å². The number of piperidine rings is 1. The molecule has 6 heteroatoms. The Balaban J connectivity index is 1.47. The minimum atomic E-state index is -0.239. The summed E-state index contributed by atoms with van der Waals surface area (Å²) >= 11 is 7.59. The van der Waals surface area contributed by atoms with Crippen molar-refractivity contribution < 1.29 is 9.53 Å². The zero-order valence-corrected chi connectivity index (χ0v) is 15.3. The lowest BCUT2D eigenvalue weighted by atomic mass is 9.98. The summed E-state index contributed by atoms with van der Waals surface area (Å²) in [4.78, 5) is 18.7. The zero-order valence-electron chi connectivity index (χ0n) is 13.7. The van der Waals surface area contributed by atoms with E-state index in [0.29, 0.717) is 10.9 Å². The molecule has 24 heavy (non-hydrogen) atoms. The fraction of sp³-hybridized carbons (Fsp3) is 0.444. The van der Waals surface area contributed by atoms with Crippen LogP contribution in [-0.4, -0.2) is 29.1 Å². The fourth-order valence-corrected chi connectivity index (χ4v) is 4.00. The summed E-state index contributed by atoms with van der Waals surface area (Å²) in [7, 11) is 0. The van der Waals surface area contributed by atoms with Gasteiger partial charge in [-0.3, -0.25) is 0 Å². The van der Waals surface area contributed by atoms with Gasteiger partial charge in [0.2, 0.25) is 0 Å². The summed E-state index contributed by atoms with van der Waals surface area (Å²) in [5.74, 6) is 0.468. The monoisotopic (exact) mass is 364 g/mol. The van der Waals surface area contributed by atoms with Crippen LogP contribution in [-0.2, 0) is 17.8 Å². The Kier molecular flexibility index (Phi) is 5.74. The average Bonchev–Trinajstić information content (AvgIpc) is 3.10. The number of benzene rings is 1. The fourth-order valence-electron chi connectivity index (χ4n) is 2.80. The van der Waals surface area contributed by atoms with Crippen molar-refractivity contribution in [3.63, 3.8) is 0 Å². The molecule has 1 aliphatic rings. The second-order valence-electron chi connectivity index (χ2n) is 5.97. The van der Waals surface area contributed by atoms with Gasteiger partial charge < -0.3 is 9.64 Å². The maximum Gasteiger partial charge on any atom is 0.410 e. The number of halogens is 1. The van der Waals surface area contributed by atoms with E-state index >= 15 is 0 Å². The molecule has 1 amide bonds. The molecule has 0 spiro atoms. The molecule has 4 nitrogen and oxygen atoms in total. The largest absolute Gasteiger partial charge is 0.445 e. The molecule has 1 fully saturated rings. The smallest absolute Gasteiger partial charge is 0.410 e. The Morgan fingerprint density at radius 3 is 2.67 bits per heavy atom. The molecule has 0 aliphatic carbocycles. The van der Waals surface area contributed by atoms with Crippen LogP contribution in [0.25, 0.3) is 0 Å². The van der Waals surface area contributed by atoms with Crippen LogP contribution in [0, 0.1) is 0 Å². The second-order valence-corrected chi connectivity index (χ2v) is 7.30. The van der Waals surface area contributed by atoms with E-state index < -0.39 is 0 Å². The molecule has 0 bridgehead atoms. The standard InChI is InChI=1S/C18H21ClN2O2S/c1-2-16-12-24-17(20-16)14-7-9-21(10-8-14)18(22)23-11-13-3-5-15(19)6-4-13/h3-6,12,14H,2,7-11H2,1H3. The van der Waals surface area contributed by atoms with Gasteiger partial charge in [-0.25, -0.2) is 9.78 Å². The molecule has 0 saturated carbocycles. The summed E-state index contributed by atoms with van der Waals surface area (Å²) in [6.45, 7) is 3.86. The summed E-state index contributed by atoms with van der Waals surface area (Å²) in [5.41, 5.74) is 2.11. The average molecular weight is 365 g/mol. The molecule has 1 saturated heterocycles. The van der Waals surface area contributed by atoms with Crippen molar-refractivity contribution >= 4 is 29.0 Å². The van der Waals surface area contributed by atoms with Crippen molar-refractivity contribution in [1.29, 1.82) is 0 Å². The third kappa shape index (κ3) is 4.28. The van der Waals surface area contributed by atoms with Gasteiger partial charge in [-0.2, -0.15) is 0 Å². The number of likely N-dealkylation sites (tertiary alicyclic amines) is 1. The Bertz CT molecular complexity index is 679. The molecular weight excluding hydrogens is 344 g/mol. The molecule has 1 aliphatic heterocycles. The van der Waals surface area contributed by atoms with Gasteiger partial charge >= 0.3 is 6.09 Å². The first-order valence-corrected chi connectivity index (χ1v) is 9.52. The highest BCUT2D eigenvalue weighted by atomic mass is 35.5. The first kappa shape index (κ1) is 17.2. The van der Waals surface area contributed by atoms with E-state index in [1.807, 2.05) is 12.1 Å². The van der Waals surface area contributed by atoms with Gasteiger partial charge in [-0.1, -0.05) is 30.7 Å². The predicted octanol–water partition coefficient (Wildman–Crippen LogP) is 4.88. The normalized spacial score (nSPS) is 15.5. The van der Waals surface area contributed by atoms with E-state index in [9.17, 15) is 4.79 Å². The van der Waals surface area contributed by atoms with E-state index in [0.717, 1.165) is 37.9 Å². The van der Waals surface area contributed by atoms with Crippen molar-refractivity contribution in [3.05, 3.63) is 50.9 Å². The molecule has 1 aromatic heterocycles. The topological polar surface area (TPSA) is 42.4 Å². The molecular formula is C18H21ClN2O2S. The SMILES string of the molecule is CCc1csc(C2CCN(C(=O)OCc3ccc(Cl)cc3)CC2)n1. The number of carbonyl (C=O) groups excluding carboxylic acids is 1. The number of amides is 1. The van der Waals surface area contributed by atoms with Crippen LogP contribution in [0.15, 0.2) is 29.6 Å². The number of aromatic nitrogens is 1. The first-order valence-electron chi connectivity index (χ1n) is 8.26. The third-order valence-electron chi connectivity index (χ3n) is 4.31. The summed E-state index contributed by atoms with van der Waals surface area (Å²) in [6, 6.07) is 7.34. The van der Waals surface area contributed by atoms with Gasteiger partial charge in [-0.05, 0) is 37.0 Å². The van der Waals surface area contributed by atoms with E-state index in [2.05, 4.69) is 17.3 Å². The number of ether oxygens (including phenoxy) is 1. The number of thiazole rings is 1. The lowest BCUT2D eigenvalue weighted by Gasteiger charge is -2.30. The minimum Gasteiger partial charge on any atom is -0.445 e. The number of hydrogen-bond donors (Lipinski definition) is 0. The Morgan fingerprint density at radius 1 is 1.33 bits per heavy atom. The zero-order chi connectivity index (χ0) is 16.9. The number of aryl methyl sites for hydroxylation is 1. The van der Waals surface area contributed by atoms with Gasteiger partial charge in [0, 0.05) is 29.4 Å². The molecule has 0 atom stereocenters. The lowest BCUT2D eigenvalue weighted by molar-refractivity contribution is 0.0870. The number of hydrogen-bond acceptors (Lipinski definition) is 4. The van der Waals surface area contributed by atoms with Crippen molar-refractivity contribution in [1.82, 2.24) is 9.88 Å². The van der Waals surface area contributed by atoms with Crippen molar-refractivity contribution in [2.24, 2.45) is 0 Å². The molecule has 3 rings (SSSR count). The van der Waals surface area contributed by atoms with Crippen molar-refractivity contribution in [3.8, 4) is 0 Å². The first-order chi connectivity index (χ1) is 11.7. The van der Waals surface area contributed by atoms with E-state index in [1.165, 1.54) is 10.7 Å².